The summed E-state index contributed by atoms with van der Waals surface area (Å²) in [6, 6.07) is 2.48. The minimum atomic E-state index is -4.43. The van der Waals surface area contributed by atoms with E-state index in [1.807, 2.05) is 0 Å². The summed E-state index contributed by atoms with van der Waals surface area (Å²) in [5.74, 6) is -0.405. The second-order valence-electron chi connectivity index (χ2n) is 2.18. The number of rotatable bonds is 1. The van der Waals surface area contributed by atoms with Crippen LogP contribution in [0.1, 0.15) is 0 Å². The molecule has 0 heterocycles. The van der Waals surface area contributed by atoms with E-state index in [2.05, 4.69) is 15.9 Å². The molecule has 1 rings (SSSR count). The van der Waals surface area contributed by atoms with Crippen molar-refractivity contribution in [1.82, 2.24) is 0 Å². The predicted molar refractivity (Wildman–Crippen MR) is 50.6 cm³/mol. The summed E-state index contributed by atoms with van der Waals surface area (Å²) in [4.78, 5) is -0.533. The molecular formula is C6H4BrClO4S. The topological polar surface area (TPSA) is 74.6 Å². The average Bonchev–Trinajstić information content (AvgIpc) is 1.95. The number of hydrogen-bond acceptors (Lipinski definition) is 3. The van der Waals surface area contributed by atoms with Gasteiger partial charge in [0.15, 0.2) is 0 Å². The third-order valence-corrected chi connectivity index (χ3v) is 3.64. The molecule has 72 valence electrons. The number of benzene rings is 1. The fourth-order valence-electron chi connectivity index (χ4n) is 0.759. The summed E-state index contributed by atoms with van der Waals surface area (Å²) < 4.78 is 30.3. The quantitative estimate of drug-likeness (QED) is 0.775. The molecule has 0 aromatic heterocycles. The van der Waals surface area contributed by atoms with Gasteiger partial charge < -0.3 is 5.11 Å². The fourth-order valence-corrected chi connectivity index (χ4v) is 2.92. The van der Waals surface area contributed by atoms with E-state index in [9.17, 15) is 8.42 Å². The SMILES string of the molecule is O=S(=O)(O)c1c(Br)ccc(O)c1Cl. The third-order valence-electron chi connectivity index (χ3n) is 1.29. The zero-order valence-corrected chi connectivity index (χ0v) is 9.19. The first-order chi connectivity index (χ1) is 5.84. The van der Waals surface area contributed by atoms with Crippen LogP contribution in [0, 0.1) is 0 Å². The van der Waals surface area contributed by atoms with Crippen molar-refractivity contribution in [3.05, 3.63) is 21.6 Å². The zero-order valence-electron chi connectivity index (χ0n) is 6.03. The van der Waals surface area contributed by atoms with Crippen molar-refractivity contribution in [2.75, 3.05) is 0 Å². The van der Waals surface area contributed by atoms with Crippen LogP contribution in [-0.2, 0) is 10.1 Å². The largest absolute Gasteiger partial charge is 0.506 e. The van der Waals surface area contributed by atoms with Gasteiger partial charge in [-0.25, -0.2) is 0 Å². The second-order valence-corrected chi connectivity index (χ2v) is 4.78. The Balaban J connectivity index is 3.62. The molecule has 7 heteroatoms. The van der Waals surface area contributed by atoms with Crippen molar-refractivity contribution in [2.24, 2.45) is 0 Å². The van der Waals surface area contributed by atoms with Crippen molar-refractivity contribution in [1.29, 1.82) is 0 Å². The highest BCUT2D eigenvalue weighted by Crippen LogP contribution is 2.35. The summed E-state index contributed by atoms with van der Waals surface area (Å²) in [6.07, 6.45) is 0. The van der Waals surface area contributed by atoms with Gasteiger partial charge in [0, 0.05) is 4.47 Å². The molecule has 13 heavy (non-hydrogen) atoms. The van der Waals surface area contributed by atoms with Crippen molar-refractivity contribution in [2.45, 2.75) is 4.90 Å². The highest BCUT2D eigenvalue weighted by molar-refractivity contribution is 9.10. The minimum Gasteiger partial charge on any atom is -0.506 e. The van der Waals surface area contributed by atoms with Gasteiger partial charge >= 0.3 is 0 Å². The molecule has 4 nitrogen and oxygen atoms in total. The lowest BCUT2D eigenvalue weighted by Crippen LogP contribution is -2.00. The Morgan fingerprint density at radius 1 is 1.38 bits per heavy atom. The van der Waals surface area contributed by atoms with E-state index in [1.54, 1.807) is 0 Å². The van der Waals surface area contributed by atoms with Crippen molar-refractivity contribution in [3.8, 4) is 5.75 Å². The van der Waals surface area contributed by atoms with E-state index in [4.69, 9.17) is 21.3 Å². The van der Waals surface area contributed by atoms with E-state index in [0.29, 0.717) is 0 Å². The molecule has 0 aliphatic heterocycles. The lowest BCUT2D eigenvalue weighted by molar-refractivity contribution is 0.466. The van der Waals surface area contributed by atoms with Crippen LogP contribution in [0.4, 0.5) is 0 Å². The zero-order chi connectivity index (χ0) is 10.2. The van der Waals surface area contributed by atoms with E-state index in [0.717, 1.165) is 0 Å². The van der Waals surface area contributed by atoms with E-state index in [-0.39, 0.29) is 4.47 Å². The third kappa shape index (κ3) is 2.14. The molecule has 1 aromatic carbocycles. The molecule has 0 aliphatic carbocycles. The number of aromatic hydroxyl groups is 1. The molecule has 0 spiro atoms. The van der Waals surface area contributed by atoms with Gasteiger partial charge in [0.25, 0.3) is 10.1 Å². The van der Waals surface area contributed by atoms with Gasteiger partial charge in [-0.1, -0.05) is 11.6 Å². The van der Waals surface area contributed by atoms with Crippen LogP contribution in [0.25, 0.3) is 0 Å². The lowest BCUT2D eigenvalue weighted by Gasteiger charge is -2.04. The van der Waals surface area contributed by atoms with Gasteiger partial charge in [-0.2, -0.15) is 8.42 Å². The Kier molecular flexibility index (Phi) is 2.86. The molecule has 2 N–H and O–H groups in total. The van der Waals surface area contributed by atoms with Crippen LogP contribution in [0.3, 0.4) is 0 Å². The van der Waals surface area contributed by atoms with Crippen molar-refractivity contribution >= 4 is 37.6 Å². The van der Waals surface area contributed by atoms with Crippen LogP contribution in [0.15, 0.2) is 21.5 Å². The average molecular weight is 288 g/mol. The van der Waals surface area contributed by atoms with Crippen LogP contribution < -0.4 is 0 Å². The first-order valence-corrected chi connectivity index (χ1v) is 5.59. The van der Waals surface area contributed by atoms with Crippen LogP contribution in [0.2, 0.25) is 5.02 Å². The summed E-state index contributed by atoms with van der Waals surface area (Å²) in [5.41, 5.74) is 0. The van der Waals surface area contributed by atoms with Gasteiger partial charge in [-0.05, 0) is 28.1 Å². The molecular weight excluding hydrogens is 283 g/mol. The highest BCUT2D eigenvalue weighted by Gasteiger charge is 2.20. The van der Waals surface area contributed by atoms with Gasteiger partial charge in [0.2, 0.25) is 0 Å². The standard InChI is InChI=1S/C6H4BrClO4S/c7-3-1-2-4(9)5(8)6(3)13(10,11)12/h1-2,9H,(H,10,11,12). The maximum Gasteiger partial charge on any atom is 0.297 e. The molecule has 0 fully saturated rings. The fraction of sp³-hybridized carbons (Fsp3) is 0. The minimum absolute atomic E-state index is 0.0952. The lowest BCUT2D eigenvalue weighted by atomic mass is 10.3. The maximum atomic E-state index is 10.8. The monoisotopic (exact) mass is 286 g/mol. The summed E-state index contributed by atoms with van der Waals surface area (Å²) in [5, 5.41) is 8.65. The summed E-state index contributed by atoms with van der Waals surface area (Å²) in [7, 11) is -4.43. The van der Waals surface area contributed by atoms with Crippen molar-refractivity contribution in [3.63, 3.8) is 0 Å². The Morgan fingerprint density at radius 3 is 2.31 bits per heavy atom. The summed E-state index contributed by atoms with van der Waals surface area (Å²) >= 11 is 8.35. The number of hydrogen-bond donors (Lipinski definition) is 2. The smallest absolute Gasteiger partial charge is 0.297 e. The molecule has 0 unspecified atom stereocenters. The number of halogens is 2. The predicted octanol–water partition coefficient (Wildman–Crippen LogP) is 2.05. The van der Waals surface area contributed by atoms with E-state index in [1.165, 1.54) is 12.1 Å². The molecule has 0 atom stereocenters. The highest BCUT2D eigenvalue weighted by atomic mass is 79.9. The number of phenolic OH excluding ortho intramolecular Hbond substituents is 1. The van der Waals surface area contributed by atoms with E-state index < -0.39 is 25.8 Å². The Hall–Kier alpha value is -0.300. The Morgan fingerprint density at radius 2 is 1.92 bits per heavy atom. The molecule has 1 aromatic rings. The van der Waals surface area contributed by atoms with Gasteiger partial charge in [0.1, 0.15) is 15.7 Å². The first kappa shape index (κ1) is 10.8. The molecule has 0 aliphatic rings. The normalized spacial score (nSPS) is 11.6. The molecule has 0 saturated carbocycles. The first-order valence-electron chi connectivity index (χ1n) is 2.98. The summed E-state index contributed by atoms with van der Waals surface area (Å²) in [6.45, 7) is 0. The van der Waals surface area contributed by atoms with Crippen molar-refractivity contribution < 1.29 is 18.1 Å². The van der Waals surface area contributed by atoms with Gasteiger partial charge in [-0.3, -0.25) is 4.55 Å². The number of phenols is 1. The molecule has 0 saturated heterocycles. The van der Waals surface area contributed by atoms with Gasteiger partial charge in [0.05, 0.1) is 0 Å². The maximum absolute atomic E-state index is 10.8. The van der Waals surface area contributed by atoms with Crippen LogP contribution in [0.5, 0.6) is 5.75 Å². The second kappa shape index (κ2) is 3.45. The Bertz CT molecular complexity index is 442. The van der Waals surface area contributed by atoms with Crippen LogP contribution >= 0.6 is 27.5 Å². The molecule has 0 radical (unpaired) electrons. The molecule has 0 bridgehead atoms. The molecule has 0 amide bonds. The van der Waals surface area contributed by atoms with Gasteiger partial charge in [-0.15, -0.1) is 0 Å². The van der Waals surface area contributed by atoms with Crippen LogP contribution in [-0.4, -0.2) is 18.1 Å². The van der Waals surface area contributed by atoms with E-state index >= 15 is 0 Å². The Labute approximate surface area is 88.0 Å².